The van der Waals surface area contributed by atoms with Gasteiger partial charge in [0, 0.05) is 23.2 Å². The monoisotopic (exact) mass is 478 g/mol. The van der Waals surface area contributed by atoms with E-state index in [0.717, 1.165) is 21.5 Å². The molecule has 0 aromatic carbocycles. The van der Waals surface area contributed by atoms with Crippen LogP contribution in [-0.4, -0.2) is 29.5 Å². The van der Waals surface area contributed by atoms with Gasteiger partial charge >= 0.3 is 12.4 Å². The summed E-state index contributed by atoms with van der Waals surface area (Å²) in [5.74, 6) is 0.449. The molecule has 0 aliphatic rings. The third-order valence-corrected chi connectivity index (χ3v) is 6.59. The first-order valence-electron chi connectivity index (χ1n) is 8.54. The van der Waals surface area contributed by atoms with E-state index in [1.807, 2.05) is 13.8 Å². The molecule has 14 heteroatoms. The van der Waals surface area contributed by atoms with Crippen LogP contribution in [0.15, 0.2) is 35.3 Å². The van der Waals surface area contributed by atoms with Crippen molar-refractivity contribution in [3.63, 3.8) is 0 Å². The number of alkyl halides is 6. The molecular formula is C17H12F6N6S2. The van der Waals surface area contributed by atoms with Gasteiger partial charge in [0.05, 0.1) is 5.41 Å². The number of rotatable bonds is 4. The molecule has 4 rings (SSSR count). The number of hydrogen-bond donors (Lipinski definition) is 0. The van der Waals surface area contributed by atoms with Gasteiger partial charge in [0.25, 0.3) is 0 Å². The van der Waals surface area contributed by atoms with Gasteiger partial charge in [0.2, 0.25) is 0 Å². The molecule has 0 spiro atoms. The molecule has 4 aromatic rings. The Bertz CT molecular complexity index is 1120. The van der Waals surface area contributed by atoms with Gasteiger partial charge in [-0.3, -0.25) is 0 Å². The minimum absolute atomic E-state index is 0.224. The van der Waals surface area contributed by atoms with E-state index in [1.165, 1.54) is 35.1 Å². The highest BCUT2D eigenvalue weighted by Crippen LogP contribution is 2.37. The van der Waals surface area contributed by atoms with E-state index in [1.54, 1.807) is 10.8 Å². The van der Waals surface area contributed by atoms with E-state index >= 15 is 0 Å². The summed E-state index contributed by atoms with van der Waals surface area (Å²) in [6.07, 6.45) is -6.77. The lowest BCUT2D eigenvalue weighted by atomic mass is 9.96. The normalized spacial score (nSPS) is 13.2. The highest BCUT2D eigenvalue weighted by molar-refractivity contribution is 7.11. The molecule has 0 saturated heterocycles. The van der Waals surface area contributed by atoms with Crippen LogP contribution in [0, 0.1) is 0 Å². The first-order chi connectivity index (χ1) is 14.4. The summed E-state index contributed by atoms with van der Waals surface area (Å²) in [6.45, 7) is 3.62. The Hall–Kier alpha value is -2.74. The molecule has 0 aliphatic carbocycles. The number of nitrogens with zero attached hydrogens (tertiary/aromatic N) is 6. The van der Waals surface area contributed by atoms with E-state index in [4.69, 9.17) is 0 Å². The minimum atomic E-state index is -4.56. The summed E-state index contributed by atoms with van der Waals surface area (Å²) in [5, 5.41) is 11.3. The van der Waals surface area contributed by atoms with Crippen LogP contribution >= 0.6 is 22.7 Å². The van der Waals surface area contributed by atoms with E-state index in [2.05, 4.69) is 20.2 Å². The maximum Gasteiger partial charge on any atom is 0.435 e. The van der Waals surface area contributed by atoms with E-state index in [9.17, 15) is 26.3 Å². The maximum absolute atomic E-state index is 12.8. The number of aromatic nitrogens is 6. The third-order valence-electron chi connectivity index (χ3n) is 4.28. The lowest BCUT2D eigenvalue weighted by molar-refractivity contribution is -0.142. The van der Waals surface area contributed by atoms with Crippen LogP contribution in [0.5, 0.6) is 0 Å². The van der Waals surface area contributed by atoms with Crippen LogP contribution in [0.1, 0.15) is 35.3 Å². The van der Waals surface area contributed by atoms with Crippen LogP contribution < -0.4 is 0 Å². The molecule has 0 unspecified atom stereocenters. The highest BCUT2D eigenvalue weighted by atomic mass is 32.1. The SMILES string of the molecule is CC(C)(c1nc(-n2ccc(C(F)(F)F)n2)cs1)c1nc(-n2ccc(C(F)(F)F)n2)cs1. The summed E-state index contributed by atoms with van der Waals surface area (Å²) in [7, 11) is 0. The summed E-state index contributed by atoms with van der Waals surface area (Å²) in [6, 6.07) is 1.72. The minimum Gasteiger partial charge on any atom is -0.221 e. The summed E-state index contributed by atoms with van der Waals surface area (Å²) in [5.41, 5.74) is -2.79. The van der Waals surface area contributed by atoms with Gasteiger partial charge < -0.3 is 0 Å². The average Bonchev–Trinajstić information content (AvgIpc) is 3.47. The average molecular weight is 478 g/mol. The van der Waals surface area contributed by atoms with Gasteiger partial charge in [0.15, 0.2) is 23.0 Å². The molecule has 31 heavy (non-hydrogen) atoms. The molecular weight excluding hydrogens is 466 g/mol. The maximum atomic E-state index is 12.8. The molecule has 4 aromatic heterocycles. The van der Waals surface area contributed by atoms with Gasteiger partial charge in [-0.1, -0.05) is 0 Å². The van der Waals surface area contributed by atoms with Crippen molar-refractivity contribution in [1.29, 1.82) is 0 Å². The van der Waals surface area contributed by atoms with E-state index in [0.29, 0.717) is 10.0 Å². The summed E-state index contributed by atoms with van der Waals surface area (Å²) < 4.78 is 78.7. The van der Waals surface area contributed by atoms with Crippen molar-refractivity contribution in [3.05, 3.63) is 56.7 Å². The summed E-state index contributed by atoms with van der Waals surface area (Å²) in [4.78, 5) is 8.78. The smallest absolute Gasteiger partial charge is 0.221 e. The molecule has 0 bridgehead atoms. The fourth-order valence-electron chi connectivity index (χ4n) is 2.61. The first kappa shape index (κ1) is 21.5. The Morgan fingerprint density at radius 1 is 0.710 bits per heavy atom. The molecule has 0 aliphatic heterocycles. The molecule has 0 saturated carbocycles. The second-order valence-electron chi connectivity index (χ2n) is 6.93. The fraction of sp³-hybridized carbons (Fsp3) is 0.294. The predicted octanol–water partition coefficient (Wildman–Crippen LogP) is 5.33. The van der Waals surface area contributed by atoms with Crippen molar-refractivity contribution in [2.45, 2.75) is 31.6 Å². The van der Waals surface area contributed by atoms with Crippen LogP contribution in [0.3, 0.4) is 0 Å². The van der Waals surface area contributed by atoms with Crippen molar-refractivity contribution in [1.82, 2.24) is 29.5 Å². The van der Waals surface area contributed by atoms with Crippen molar-refractivity contribution >= 4 is 22.7 Å². The topological polar surface area (TPSA) is 61.4 Å². The molecule has 0 amide bonds. The molecule has 0 N–H and O–H groups in total. The molecule has 164 valence electrons. The van der Waals surface area contributed by atoms with Gasteiger partial charge in [-0.15, -0.1) is 22.7 Å². The van der Waals surface area contributed by atoms with Crippen LogP contribution in [-0.2, 0) is 17.8 Å². The first-order valence-corrected chi connectivity index (χ1v) is 10.3. The molecule has 0 fully saturated rings. The van der Waals surface area contributed by atoms with E-state index in [-0.39, 0.29) is 11.6 Å². The van der Waals surface area contributed by atoms with Gasteiger partial charge in [-0.25, -0.2) is 19.3 Å². The van der Waals surface area contributed by atoms with Crippen molar-refractivity contribution < 1.29 is 26.3 Å². The lowest BCUT2D eigenvalue weighted by Gasteiger charge is -2.18. The van der Waals surface area contributed by atoms with Gasteiger partial charge in [0.1, 0.15) is 10.0 Å². The number of halogens is 6. The van der Waals surface area contributed by atoms with Crippen molar-refractivity contribution in [3.8, 4) is 11.6 Å². The predicted molar refractivity (Wildman–Crippen MR) is 101 cm³/mol. The zero-order chi connectivity index (χ0) is 22.6. The Morgan fingerprint density at radius 3 is 1.42 bits per heavy atom. The van der Waals surface area contributed by atoms with Crippen LogP contribution in [0.4, 0.5) is 26.3 Å². The zero-order valence-electron chi connectivity index (χ0n) is 15.7. The quantitative estimate of drug-likeness (QED) is 0.372. The number of hydrogen-bond acceptors (Lipinski definition) is 6. The standard InChI is InChI=1S/C17H12F6N6S2/c1-15(2,13-24-11(7-30-13)28-5-3-9(26-28)16(18,19)20)14-25-12(8-31-14)29-6-4-10(27-29)17(21,22)23/h3-8H,1-2H3. The van der Waals surface area contributed by atoms with Gasteiger partial charge in [-0.05, 0) is 26.0 Å². The summed E-state index contributed by atoms with van der Waals surface area (Å²) >= 11 is 2.44. The molecule has 0 radical (unpaired) electrons. The van der Waals surface area contributed by atoms with Crippen LogP contribution in [0.2, 0.25) is 0 Å². The van der Waals surface area contributed by atoms with Crippen molar-refractivity contribution in [2.75, 3.05) is 0 Å². The Kier molecular flexibility index (Phi) is 4.96. The van der Waals surface area contributed by atoms with Gasteiger partial charge in [-0.2, -0.15) is 36.5 Å². The highest BCUT2D eigenvalue weighted by Gasteiger charge is 2.35. The van der Waals surface area contributed by atoms with Crippen molar-refractivity contribution in [2.24, 2.45) is 0 Å². The Balaban J connectivity index is 1.60. The second-order valence-corrected chi connectivity index (χ2v) is 8.65. The molecule has 6 nitrogen and oxygen atoms in total. The largest absolute Gasteiger partial charge is 0.435 e. The second kappa shape index (κ2) is 7.15. The molecule has 0 atom stereocenters. The zero-order valence-corrected chi connectivity index (χ0v) is 17.4. The third kappa shape index (κ3) is 4.08. The molecule has 4 heterocycles. The van der Waals surface area contributed by atoms with Crippen LogP contribution in [0.25, 0.3) is 11.6 Å². The Morgan fingerprint density at radius 2 is 1.10 bits per heavy atom. The fourth-order valence-corrected chi connectivity index (χ4v) is 4.51. The van der Waals surface area contributed by atoms with E-state index < -0.39 is 29.2 Å². The number of thiazole rings is 2. The Labute approximate surface area is 178 Å². The lowest BCUT2D eigenvalue weighted by Crippen LogP contribution is -2.19.